The molecule has 0 aromatic rings. The maximum atomic E-state index is 11.0. The van der Waals surface area contributed by atoms with Crippen LogP contribution in [-0.2, 0) is 13.7 Å². The highest BCUT2D eigenvalue weighted by Crippen LogP contribution is 2.42. The fraction of sp³-hybridized carbons (Fsp3) is 1.00. The first-order valence-corrected chi connectivity index (χ1v) is 16.4. The summed E-state index contributed by atoms with van der Waals surface area (Å²) in [5, 5.41) is 0. The Morgan fingerprint density at radius 3 is 0.607 bits per heavy atom. The zero-order chi connectivity index (χ0) is 22.0. The van der Waals surface area contributed by atoms with Crippen molar-refractivity contribution in [1.82, 2.24) is 0 Å². The third-order valence-corrected chi connectivity index (χ3v) is 10.3. The van der Waals surface area contributed by atoms with Crippen molar-refractivity contribution >= 4 is 39.5 Å². The number of hydrogen-bond donors (Lipinski definition) is 3. The van der Waals surface area contributed by atoms with Crippen LogP contribution >= 0.6 is 22.1 Å². The molecule has 0 heterocycles. The van der Waals surface area contributed by atoms with E-state index in [2.05, 4.69) is 0 Å². The zero-order valence-corrected chi connectivity index (χ0v) is 21.1. The Morgan fingerprint density at radius 2 is 0.536 bits per heavy atom. The van der Waals surface area contributed by atoms with Crippen molar-refractivity contribution < 1.29 is 28.4 Å². The van der Waals surface area contributed by atoms with Crippen molar-refractivity contribution in [2.75, 3.05) is 37.0 Å². The van der Waals surface area contributed by atoms with Crippen molar-refractivity contribution in [2.24, 2.45) is 0 Å². The molecule has 0 aliphatic carbocycles. The Morgan fingerprint density at radius 1 is 0.429 bits per heavy atom. The summed E-state index contributed by atoms with van der Waals surface area (Å²) in [7, 11) is -8.08. The van der Waals surface area contributed by atoms with E-state index in [0.29, 0.717) is 37.0 Å². The van der Waals surface area contributed by atoms with Crippen LogP contribution in [0.25, 0.3) is 0 Å². The van der Waals surface area contributed by atoms with E-state index in [1.165, 1.54) is 0 Å². The molecule has 0 saturated carbocycles. The van der Waals surface area contributed by atoms with Gasteiger partial charge < -0.3 is 14.7 Å². The molecule has 0 aromatic heterocycles. The molecule has 0 amide bonds. The first kappa shape index (κ1) is 36.5. The third-order valence-electron chi connectivity index (χ3n) is 3.44. The molecule has 0 aliphatic heterocycles. The average molecular weight is 480 g/mol. The lowest BCUT2D eigenvalue weighted by Crippen LogP contribution is -1.91. The lowest BCUT2D eigenvalue weighted by molar-refractivity contribution is 0.474. The minimum atomic E-state index is -2.69. The van der Waals surface area contributed by atoms with Crippen molar-refractivity contribution in [3.8, 4) is 0 Å². The van der Waals surface area contributed by atoms with Crippen LogP contribution in [-0.4, -0.2) is 69.0 Å². The molecule has 0 atom stereocenters. The van der Waals surface area contributed by atoms with E-state index in [0.717, 1.165) is 38.5 Å². The molecule has 0 radical (unpaired) electrons. The highest BCUT2D eigenvalue weighted by atomic mass is 31.2. The molecule has 0 aromatic carbocycles. The van der Waals surface area contributed by atoms with E-state index in [9.17, 15) is 13.7 Å². The second-order valence-electron chi connectivity index (χ2n) is 6.88. The first-order valence-electron chi connectivity index (χ1n) is 10.3. The lowest BCUT2D eigenvalue weighted by Gasteiger charge is -2.06. The fourth-order valence-corrected chi connectivity index (χ4v) is 7.30. The number of rotatable bonds is 12. The highest BCUT2D eigenvalue weighted by molar-refractivity contribution is 7.58. The minimum Gasteiger partial charge on any atom is -0.344 e. The first-order chi connectivity index (χ1) is 12.4. The molecule has 0 bridgehead atoms. The molecular weight excluding hydrogens is 432 g/mol. The van der Waals surface area contributed by atoms with Crippen molar-refractivity contribution in [3.63, 3.8) is 0 Å². The molecule has 3 N–H and O–H groups in total. The van der Waals surface area contributed by atoms with Crippen molar-refractivity contribution in [2.45, 2.75) is 80.1 Å². The second kappa shape index (κ2) is 21.3. The summed E-state index contributed by atoms with van der Waals surface area (Å²) in [6, 6.07) is 0. The van der Waals surface area contributed by atoms with Crippen LogP contribution in [0.5, 0.6) is 0 Å². The molecule has 0 unspecified atom stereocenters. The van der Waals surface area contributed by atoms with Gasteiger partial charge in [-0.3, -0.25) is 13.7 Å². The Labute approximate surface area is 184 Å². The van der Waals surface area contributed by atoms with Crippen LogP contribution in [0.1, 0.15) is 80.1 Å². The van der Waals surface area contributed by atoms with Gasteiger partial charge in [-0.2, -0.15) is 0 Å². The third kappa shape index (κ3) is 29.3. The predicted octanol–water partition coefficient (Wildman–Crippen LogP) is 5.05. The van der Waals surface area contributed by atoms with Gasteiger partial charge in [-0.25, -0.2) is 0 Å². The zero-order valence-electron chi connectivity index (χ0n) is 18.4. The van der Waals surface area contributed by atoms with Crippen molar-refractivity contribution in [1.29, 1.82) is 0 Å². The summed E-state index contributed by atoms with van der Waals surface area (Å²) in [6.07, 6.45) is 7.80. The van der Waals surface area contributed by atoms with Crippen molar-refractivity contribution in [3.05, 3.63) is 0 Å². The van der Waals surface area contributed by atoms with Gasteiger partial charge in [0.25, 0.3) is 0 Å². The lowest BCUT2D eigenvalue weighted by atomic mass is 10.6. The van der Waals surface area contributed by atoms with Crippen LogP contribution < -0.4 is 0 Å². The van der Waals surface area contributed by atoms with E-state index >= 15 is 0 Å². The van der Waals surface area contributed by atoms with Gasteiger partial charge in [-0.1, -0.05) is 41.5 Å². The predicted molar refractivity (Wildman–Crippen MR) is 130 cm³/mol. The SMILES string of the molecule is CCCP(=O)(O)CCC.CCCP(=O)(O)CCC.CCCP(=O)(O)CCC.[AlH3]. The molecule has 10 heteroatoms. The summed E-state index contributed by atoms with van der Waals surface area (Å²) in [5.41, 5.74) is 0. The van der Waals surface area contributed by atoms with Gasteiger partial charge in [0.05, 0.1) is 0 Å². The van der Waals surface area contributed by atoms with Crippen LogP contribution in [0.4, 0.5) is 0 Å². The molecule has 0 fully saturated rings. The topological polar surface area (TPSA) is 112 Å². The van der Waals surface area contributed by atoms with Gasteiger partial charge in [0.2, 0.25) is 22.1 Å². The van der Waals surface area contributed by atoms with E-state index in [4.69, 9.17) is 14.7 Å². The number of hydrogen-bond acceptors (Lipinski definition) is 3. The molecule has 28 heavy (non-hydrogen) atoms. The van der Waals surface area contributed by atoms with E-state index in [1.807, 2.05) is 41.5 Å². The summed E-state index contributed by atoms with van der Waals surface area (Å²) in [5.74, 6) is 0. The van der Waals surface area contributed by atoms with Crippen LogP contribution in [0.15, 0.2) is 0 Å². The minimum absolute atomic E-state index is 0. The normalized spacial score (nSPS) is 11.5. The Bertz CT molecular complexity index is 378. The maximum Gasteiger partial charge on any atom is 0.200 e. The van der Waals surface area contributed by atoms with E-state index in [-0.39, 0.29) is 17.4 Å². The van der Waals surface area contributed by atoms with Crippen LogP contribution in [0, 0.1) is 0 Å². The molecule has 174 valence electrons. The fourth-order valence-electron chi connectivity index (χ4n) is 2.43. The molecule has 0 aliphatic rings. The quantitative estimate of drug-likeness (QED) is 0.266. The van der Waals surface area contributed by atoms with Gasteiger partial charge in [0.15, 0.2) is 17.4 Å². The molecule has 0 spiro atoms. The monoisotopic (exact) mass is 480 g/mol. The molecule has 6 nitrogen and oxygen atoms in total. The smallest absolute Gasteiger partial charge is 0.200 e. The second-order valence-corrected chi connectivity index (χ2v) is 14.6. The summed E-state index contributed by atoms with van der Waals surface area (Å²) >= 11 is 0. The summed E-state index contributed by atoms with van der Waals surface area (Å²) in [4.78, 5) is 27.2. The van der Waals surface area contributed by atoms with Gasteiger partial charge >= 0.3 is 0 Å². The Balaban J connectivity index is -0.000000152. The Kier molecular flexibility index (Phi) is 27.8. The molecule has 0 rings (SSSR count). The van der Waals surface area contributed by atoms with Gasteiger partial charge in [0.1, 0.15) is 0 Å². The summed E-state index contributed by atoms with van der Waals surface area (Å²) in [6.45, 7) is 11.6. The van der Waals surface area contributed by atoms with E-state index < -0.39 is 22.1 Å². The molecular formula is C18H48AlO6P3. The van der Waals surface area contributed by atoms with Gasteiger partial charge in [0, 0.05) is 37.0 Å². The standard InChI is InChI=1S/3C6H15O2P.Al.3H/c3*1-3-5-9(7,8)6-4-2;;;;/h3*3-6H2,1-2H3,(H,7,8);;;;. The maximum absolute atomic E-state index is 11.0. The largest absolute Gasteiger partial charge is 0.344 e. The van der Waals surface area contributed by atoms with E-state index in [1.54, 1.807) is 0 Å². The Hall–Kier alpha value is 1.10. The van der Waals surface area contributed by atoms with Gasteiger partial charge in [-0.05, 0) is 38.5 Å². The van der Waals surface area contributed by atoms with Crippen LogP contribution in [0.3, 0.4) is 0 Å². The molecule has 0 saturated heterocycles. The van der Waals surface area contributed by atoms with Gasteiger partial charge in [-0.15, -0.1) is 0 Å². The highest BCUT2D eigenvalue weighted by Gasteiger charge is 2.14. The summed E-state index contributed by atoms with van der Waals surface area (Å²) < 4.78 is 32.9. The average Bonchev–Trinajstić information content (AvgIpc) is 2.47. The van der Waals surface area contributed by atoms with Crippen LogP contribution in [0.2, 0.25) is 0 Å².